The number of nitrogens with zero attached hydrogens (tertiary/aromatic N) is 4. The van der Waals surface area contributed by atoms with Crippen molar-refractivity contribution in [2.75, 3.05) is 5.32 Å². The zero-order valence-corrected chi connectivity index (χ0v) is 12.4. The average Bonchev–Trinajstić information content (AvgIpc) is 2.99. The van der Waals surface area contributed by atoms with Crippen molar-refractivity contribution in [2.24, 2.45) is 0 Å². The van der Waals surface area contributed by atoms with Gasteiger partial charge in [-0.1, -0.05) is 12.8 Å². The number of nitrogens with one attached hydrogen (secondary N) is 2. The lowest BCUT2D eigenvalue weighted by atomic mass is 10.1. The van der Waals surface area contributed by atoms with Gasteiger partial charge in [0.1, 0.15) is 5.82 Å². The van der Waals surface area contributed by atoms with E-state index in [4.69, 9.17) is 11.6 Å². The van der Waals surface area contributed by atoms with Crippen LogP contribution in [0.3, 0.4) is 0 Å². The van der Waals surface area contributed by atoms with Gasteiger partial charge < -0.3 is 5.32 Å². The van der Waals surface area contributed by atoms with Crippen LogP contribution in [-0.4, -0.2) is 25.1 Å². The van der Waals surface area contributed by atoms with Crippen LogP contribution in [0.1, 0.15) is 61.9 Å². The van der Waals surface area contributed by atoms with E-state index in [1.165, 1.54) is 31.4 Å². The summed E-state index contributed by atoms with van der Waals surface area (Å²) in [5.74, 6) is 3.06. The summed E-state index contributed by atoms with van der Waals surface area (Å²) in [6.45, 7) is 0. The maximum atomic E-state index is 6.03. The zero-order valence-electron chi connectivity index (χ0n) is 11.6. The van der Waals surface area contributed by atoms with Crippen LogP contribution in [0.2, 0.25) is 5.28 Å². The van der Waals surface area contributed by atoms with Crippen molar-refractivity contribution >= 4 is 23.4 Å². The van der Waals surface area contributed by atoms with Crippen molar-refractivity contribution in [3.63, 3.8) is 0 Å². The van der Waals surface area contributed by atoms with Crippen LogP contribution in [0, 0.1) is 0 Å². The van der Waals surface area contributed by atoms with Crippen LogP contribution in [0.5, 0.6) is 0 Å². The molecule has 0 aromatic carbocycles. The minimum absolute atomic E-state index is 0.243. The molecule has 0 atom stereocenters. The summed E-state index contributed by atoms with van der Waals surface area (Å²) in [4.78, 5) is 12.9. The highest BCUT2D eigenvalue weighted by atomic mass is 35.5. The van der Waals surface area contributed by atoms with Gasteiger partial charge >= 0.3 is 0 Å². The first-order chi connectivity index (χ1) is 10.3. The minimum atomic E-state index is 0.243. The molecular formula is C14H17ClN6. The molecule has 0 spiro atoms. The highest BCUT2D eigenvalue weighted by molar-refractivity contribution is 6.28. The van der Waals surface area contributed by atoms with E-state index in [1.807, 2.05) is 6.07 Å². The third-order valence-electron chi connectivity index (χ3n) is 4.20. The van der Waals surface area contributed by atoms with Gasteiger partial charge in [0, 0.05) is 23.6 Å². The van der Waals surface area contributed by atoms with Crippen molar-refractivity contribution in [3.8, 4) is 0 Å². The summed E-state index contributed by atoms with van der Waals surface area (Å²) >= 11 is 6.03. The molecule has 21 heavy (non-hydrogen) atoms. The number of anilines is 2. The normalized spacial score (nSPS) is 19.1. The summed E-state index contributed by atoms with van der Waals surface area (Å²) in [7, 11) is 0. The Bertz CT molecular complexity index is 645. The third kappa shape index (κ3) is 2.85. The van der Waals surface area contributed by atoms with Crippen molar-refractivity contribution in [1.82, 2.24) is 25.1 Å². The number of rotatable bonds is 4. The molecule has 0 saturated heterocycles. The van der Waals surface area contributed by atoms with Crippen LogP contribution in [-0.2, 0) is 0 Å². The summed E-state index contributed by atoms with van der Waals surface area (Å²) in [5.41, 5.74) is 1.17. The largest absolute Gasteiger partial charge is 0.307 e. The van der Waals surface area contributed by atoms with E-state index in [0.717, 1.165) is 24.5 Å². The second-order valence-electron chi connectivity index (χ2n) is 5.88. The topological polar surface area (TPSA) is 79.4 Å². The van der Waals surface area contributed by atoms with Gasteiger partial charge in [0.25, 0.3) is 0 Å². The van der Waals surface area contributed by atoms with Gasteiger partial charge in [-0.25, -0.2) is 4.98 Å². The van der Waals surface area contributed by atoms with E-state index in [1.54, 1.807) is 0 Å². The molecule has 0 aliphatic heterocycles. The van der Waals surface area contributed by atoms with Crippen molar-refractivity contribution < 1.29 is 0 Å². The first-order valence-electron chi connectivity index (χ1n) is 7.52. The predicted molar refractivity (Wildman–Crippen MR) is 79.9 cm³/mol. The van der Waals surface area contributed by atoms with Gasteiger partial charge in [0.15, 0.2) is 5.82 Å². The zero-order chi connectivity index (χ0) is 14.2. The molecule has 2 aliphatic carbocycles. The van der Waals surface area contributed by atoms with Crippen LogP contribution in [0.15, 0.2) is 6.07 Å². The molecule has 2 N–H and O–H groups in total. The van der Waals surface area contributed by atoms with E-state index < -0.39 is 0 Å². The van der Waals surface area contributed by atoms with E-state index in [0.29, 0.717) is 17.8 Å². The SMILES string of the molecule is Clc1nc(Nc2cc(C3CC3)[nH]n2)nc(C2CCCC2)n1. The maximum absolute atomic E-state index is 6.03. The monoisotopic (exact) mass is 304 g/mol. The Labute approximate surface area is 127 Å². The molecule has 0 unspecified atom stereocenters. The van der Waals surface area contributed by atoms with Crippen LogP contribution in [0.4, 0.5) is 11.8 Å². The lowest BCUT2D eigenvalue weighted by Crippen LogP contribution is -2.06. The van der Waals surface area contributed by atoms with Gasteiger partial charge in [0.2, 0.25) is 11.2 Å². The summed E-state index contributed by atoms with van der Waals surface area (Å²) in [5, 5.41) is 10.7. The maximum Gasteiger partial charge on any atom is 0.233 e. The van der Waals surface area contributed by atoms with Crippen molar-refractivity contribution in [3.05, 3.63) is 22.9 Å². The fourth-order valence-corrected chi connectivity index (χ4v) is 3.07. The molecule has 2 aromatic rings. The summed E-state index contributed by atoms with van der Waals surface area (Å²) in [6.07, 6.45) is 7.22. The summed E-state index contributed by atoms with van der Waals surface area (Å²) in [6, 6.07) is 2.02. The average molecular weight is 305 g/mol. The highest BCUT2D eigenvalue weighted by Gasteiger charge is 2.26. The van der Waals surface area contributed by atoms with Gasteiger partial charge in [0.05, 0.1) is 0 Å². The lowest BCUT2D eigenvalue weighted by molar-refractivity contribution is 0.663. The fraction of sp³-hybridized carbons (Fsp3) is 0.571. The molecule has 4 rings (SSSR count). The minimum Gasteiger partial charge on any atom is -0.307 e. The molecule has 2 heterocycles. The van der Waals surface area contributed by atoms with Crippen molar-refractivity contribution in [2.45, 2.75) is 50.4 Å². The quantitative estimate of drug-likeness (QED) is 0.903. The van der Waals surface area contributed by atoms with Crippen molar-refractivity contribution in [1.29, 1.82) is 0 Å². The van der Waals surface area contributed by atoms with Crippen LogP contribution < -0.4 is 5.32 Å². The molecular weight excluding hydrogens is 288 g/mol. The Morgan fingerprint density at radius 1 is 1.05 bits per heavy atom. The van der Waals surface area contributed by atoms with E-state index in [-0.39, 0.29) is 5.28 Å². The Morgan fingerprint density at radius 2 is 1.86 bits per heavy atom. The van der Waals surface area contributed by atoms with Crippen LogP contribution in [0.25, 0.3) is 0 Å². The molecule has 6 nitrogen and oxygen atoms in total. The predicted octanol–water partition coefficient (Wildman–Crippen LogP) is 3.53. The molecule has 2 saturated carbocycles. The molecule has 2 fully saturated rings. The van der Waals surface area contributed by atoms with Crippen LogP contribution >= 0.6 is 11.6 Å². The van der Waals surface area contributed by atoms with Gasteiger partial charge in [-0.3, -0.25) is 5.10 Å². The second-order valence-corrected chi connectivity index (χ2v) is 6.21. The standard InChI is InChI=1S/C14H17ClN6/c15-13-17-12(9-3-1-2-4-9)18-14(19-13)16-11-7-10(20-21-11)8-5-6-8/h7-9H,1-6H2,(H2,16,17,18,19,20,21). The van der Waals surface area contributed by atoms with E-state index in [9.17, 15) is 0 Å². The Balaban J connectivity index is 1.55. The number of H-pyrrole nitrogens is 1. The molecule has 2 aromatic heterocycles. The number of aromatic amines is 1. The van der Waals surface area contributed by atoms with Gasteiger partial charge in [-0.15, -0.1) is 0 Å². The Hall–Kier alpha value is -1.69. The first-order valence-corrected chi connectivity index (χ1v) is 7.89. The highest BCUT2D eigenvalue weighted by Crippen LogP contribution is 2.39. The lowest BCUT2D eigenvalue weighted by Gasteiger charge is -2.09. The number of aromatic nitrogens is 5. The first kappa shape index (κ1) is 13.0. The number of hydrogen-bond acceptors (Lipinski definition) is 5. The summed E-state index contributed by atoms with van der Waals surface area (Å²) < 4.78 is 0. The molecule has 0 amide bonds. The second kappa shape index (κ2) is 5.26. The van der Waals surface area contributed by atoms with Gasteiger partial charge in [-0.2, -0.15) is 15.1 Å². The molecule has 0 radical (unpaired) electrons. The smallest absolute Gasteiger partial charge is 0.233 e. The third-order valence-corrected chi connectivity index (χ3v) is 4.37. The Morgan fingerprint density at radius 3 is 2.62 bits per heavy atom. The fourth-order valence-electron chi connectivity index (χ4n) is 2.91. The Kier molecular flexibility index (Phi) is 3.25. The van der Waals surface area contributed by atoms with Gasteiger partial charge in [-0.05, 0) is 37.3 Å². The number of halogens is 1. The molecule has 2 aliphatic rings. The molecule has 0 bridgehead atoms. The number of hydrogen-bond donors (Lipinski definition) is 2. The molecule has 7 heteroatoms. The molecule has 110 valence electrons. The van der Waals surface area contributed by atoms with E-state index in [2.05, 4.69) is 30.5 Å². The van der Waals surface area contributed by atoms with E-state index >= 15 is 0 Å².